The number of carbonyl (C=O) groups excluding carboxylic acids is 2. The van der Waals surface area contributed by atoms with Gasteiger partial charge in [-0.05, 0) is 31.0 Å². The molecule has 1 heterocycles. The Morgan fingerprint density at radius 3 is 2.48 bits per heavy atom. The summed E-state index contributed by atoms with van der Waals surface area (Å²) in [5.41, 5.74) is 2.44. The van der Waals surface area contributed by atoms with Crippen LogP contribution in [0.2, 0.25) is 5.02 Å². The van der Waals surface area contributed by atoms with Crippen molar-refractivity contribution in [1.82, 2.24) is 15.1 Å². The fraction of sp³-hybridized carbons (Fsp3) is 0.292. The molecular formula is C24H27ClN4O2. The van der Waals surface area contributed by atoms with Gasteiger partial charge in [0.1, 0.15) is 5.82 Å². The first-order valence-corrected chi connectivity index (χ1v) is 10.9. The summed E-state index contributed by atoms with van der Waals surface area (Å²) in [6.07, 6.45) is 3.07. The Labute approximate surface area is 187 Å². The van der Waals surface area contributed by atoms with Crippen molar-refractivity contribution in [3.05, 3.63) is 65.7 Å². The minimum atomic E-state index is -0.163. The average molecular weight is 439 g/mol. The van der Waals surface area contributed by atoms with Gasteiger partial charge in [0, 0.05) is 36.0 Å². The van der Waals surface area contributed by atoms with Gasteiger partial charge >= 0.3 is 0 Å². The first kappa shape index (κ1) is 22.6. The standard InChI is InChI=1S/C24H27ClN4O2/c1-2-3-15-26-23(30)13-8-14-24(31)27-22-17-21(18-9-5-4-6-10-18)28-29(22)20-12-7-11-19(25)16-20/h4-7,9-12,16-17H,2-3,8,13-15H2,1H3,(H,26,30)(H,27,31). The van der Waals surface area contributed by atoms with Crippen LogP contribution in [0, 0.1) is 0 Å². The number of nitrogens with zero attached hydrogens (tertiary/aromatic N) is 2. The molecule has 0 radical (unpaired) electrons. The Hall–Kier alpha value is -3.12. The molecule has 3 rings (SSSR count). The predicted molar refractivity (Wildman–Crippen MR) is 124 cm³/mol. The summed E-state index contributed by atoms with van der Waals surface area (Å²) in [7, 11) is 0. The van der Waals surface area contributed by atoms with Crippen molar-refractivity contribution >= 4 is 29.2 Å². The third-order valence-electron chi connectivity index (χ3n) is 4.76. The molecule has 31 heavy (non-hydrogen) atoms. The molecule has 2 N–H and O–H groups in total. The number of hydrogen-bond donors (Lipinski definition) is 2. The maximum atomic E-state index is 12.5. The lowest BCUT2D eigenvalue weighted by atomic mass is 10.1. The van der Waals surface area contributed by atoms with Gasteiger partial charge in [0.05, 0.1) is 11.4 Å². The van der Waals surface area contributed by atoms with E-state index in [1.807, 2.05) is 48.5 Å². The van der Waals surface area contributed by atoms with Crippen molar-refractivity contribution in [2.45, 2.75) is 39.0 Å². The Bertz CT molecular complexity index is 1020. The van der Waals surface area contributed by atoms with E-state index in [9.17, 15) is 9.59 Å². The fourth-order valence-corrected chi connectivity index (χ4v) is 3.32. The lowest BCUT2D eigenvalue weighted by Gasteiger charge is -2.09. The van der Waals surface area contributed by atoms with Crippen LogP contribution in [0.4, 0.5) is 5.82 Å². The van der Waals surface area contributed by atoms with Gasteiger partial charge < -0.3 is 10.6 Å². The van der Waals surface area contributed by atoms with E-state index in [0.717, 1.165) is 29.8 Å². The zero-order valence-electron chi connectivity index (χ0n) is 17.6. The highest BCUT2D eigenvalue weighted by Crippen LogP contribution is 2.26. The average Bonchev–Trinajstić information content (AvgIpc) is 3.18. The molecule has 3 aromatic rings. The summed E-state index contributed by atoms with van der Waals surface area (Å²) in [5.74, 6) is 0.374. The molecule has 1 aromatic heterocycles. The van der Waals surface area contributed by atoms with Crippen molar-refractivity contribution in [3.63, 3.8) is 0 Å². The normalized spacial score (nSPS) is 10.6. The molecule has 0 atom stereocenters. The molecule has 0 fully saturated rings. The molecule has 7 heteroatoms. The van der Waals surface area contributed by atoms with Crippen LogP contribution in [0.15, 0.2) is 60.7 Å². The molecule has 0 saturated heterocycles. The van der Waals surface area contributed by atoms with Crippen molar-refractivity contribution in [1.29, 1.82) is 0 Å². The van der Waals surface area contributed by atoms with Crippen LogP contribution in [-0.2, 0) is 9.59 Å². The second-order valence-electron chi connectivity index (χ2n) is 7.28. The van der Waals surface area contributed by atoms with Gasteiger partial charge in [0.25, 0.3) is 0 Å². The Morgan fingerprint density at radius 1 is 0.968 bits per heavy atom. The third kappa shape index (κ3) is 6.69. The van der Waals surface area contributed by atoms with Crippen molar-refractivity contribution in [3.8, 4) is 16.9 Å². The van der Waals surface area contributed by atoms with E-state index in [4.69, 9.17) is 11.6 Å². The SMILES string of the molecule is CCCCNC(=O)CCCC(=O)Nc1cc(-c2ccccc2)nn1-c1cccc(Cl)c1. The van der Waals surface area contributed by atoms with Crippen LogP contribution in [0.3, 0.4) is 0 Å². The Kier molecular flexibility index (Phi) is 8.24. The van der Waals surface area contributed by atoms with Crippen LogP contribution in [-0.4, -0.2) is 28.1 Å². The van der Waals surface area contributed by atoms with E-state index in [-0.39, 0.29) is 18.2 Å². The Morgan fingerprint density at radius 2 is 1.74 bits per heavy atom. The lowest BCUT2D eigenvalue weighted by Crippen LogP contribution is -2.24. The van der Waals surface area contributed by atoms with Crippen LogP contribution in [0.25, 0.3) is 16.9 Å². The van der Waals surface area contributed by atoms with E-state index in [2.05, 4.69) is 22.7 Å². The van der Waals surface area contributed by atoms with E-state index in [1.165, 1.54) is 0 Å². The molecular weight excluding hydrogens is 412 g/mol. The lowest BCUT2D eigenvalue weighted by molar-refractivity contribution is -0.121. The summed E-state index contributed by atoms with van der Waals surface area (Å²) < 4.78 is 1.67. The summed E-state index contributed by atoms with van der Waals surface area (Å²) in [6, 6.07) is 18.9. The topological polar surface area (TPSA) is 76.0 Å². The number of aromatic nitrogens is 2. The zero-order valence-corrected chi connectivity index (χ0v) is 18.4. The molecule has 0 unspecified atom stereocenters. The maximum Gasteiger partial charge on any atom is 0.225 e. The predicted octanol–water partition coefficient (Wildman–Crippen LogP) is 5.22. The first-order valence-electron chi connectivity index (χ1n) is 10.5. The molecule has 2 amide bonds. The third-order valence-corrected chi connectivity index (χ3v) is 4.99. The van der Waals surface area contributed by atoms with E-state index >= 15 is 0 Å². The van der Waals surface area contributed by atoms with E-state index < -0.39 is 0 Å². The smallest absolute Gasteiger partial charge is 0.225 e. The van der Waals surface area contributed by atoms with Gasteiger partial charge in [-0.1, -0.05) is 61.3 Å². The van der Waals surface area contributed by atoms with Crippen LogP contribution in [0.5, 0.6) is 0 Å². The fourth-order valence-electron chi connectivity index (χ4n) is 3.13. The van der Waals surface area contributed by atoms with Crippen molar-refractivity contribution in [2.24, 2.45) is 0 Å². The molecule has 0 aliphatic heterocycles. The molecule has 0 saturated carbocycles. The molecule has 6 nitrogen and oxygen atoms in total. The molecule has 0 bridgehead atoms. The number of halogens is 1. The quantitative estimate of drug-likeness (QED) is 0.426. The molecule has 162 valence electrons. The number of hydrogen-bond acceptors (Lipinski definition) is 3. The number of amides is 2. The largest absolute Gasteiger partial charge is 0.356 e. The number of anilines is 1. The van der Waals surface area contributed by atoms with E-state index in [0.29, 0.717) is 30.2 Å². The van der Waals surface area contributed by atoms with Crippen LogP contribution in [0.1, 0.15) is 39.0 Å². The number of carbonyl (C=O) groups is 2. The highest BCUT2D eigenvalue weighted by Gasteiger charge is 2.14. The van der Waals surface area contributed by atoms with Gasteiger partial charge in [-0.15, -0.1) is 0 Å². The van der Waals surface area contributed by atoms with Gasteiger partial charge in [0.15, 0.2) is 0 Å². The zero-order chi connectivity index (χ0) is 22.1. The summed E-state index contributed by atoms with van der Waals surface area (Å²) in [5, 5.41) is 11.1. The van der Waals surface area contributed by atoms with Gasteiger partial charge in [-0.2, -0.15) is 5.10 Å². The highest BCUT2D eigenvalue weighted by atomic mass is 35.5. The summed E-state index contributed by atoms with van der Waals surface area (Å²) >= 11 is 6.15. The monoisotopic (exact) mass is 438 g/mol. The van der Waals surface area contributed by atoms with Crippen LogP contribution < -0.4 is 10.6 Å². The second-order valence-corrected chi connectivity index (χ2v) is 7.71. The minimum Gasteiger partial charge on any atom is -0.356 e. The highest BCUT2D eigenvalue weighted by molar-refractivity contribution is 6.30. The summed E-state index contributed by atoms with van der Waals surface area (Å²) in [4.78, 5) is 24.4. The van der Waals surface area contributed by atoms with Crippen LogP contribution >= 0.6 is 11.6 Å². The van der Waals surface area contributed by atoms with Gasteiger partial charge in [-0.3, -0.25) is 9.59 Å². The number of rotatable bonds is 10. The van der Waals surface area contributed by atoms with Gasteiger partial charge in [-0.25, -0.2) is 4.68 Å². The Balaban J connectivity index is 1.70. The number of benzene rings is 2. The van der Waals surface area contributed by atoms with Gasteiger partial charge in [0.2, 0.25) is 11.8 Å². The molecule has 0 aliphatic rings. The number of nitrogens with one attached hydrogen (secondary N) is 2. The van der Waals surface area contributed by atoms with E-state index in [1.54, 1.807) is 16.8 Å². The van der Waals surface area contributed by atoms with Crippen molar-refractivity contribution < 1.29 is 9.59 Å². The maximum absolute atomic E-state index is 12.5. The minimum absolute atomic E-state index is 0.0171. The first-order chi connectivity index (χ1) is 15.1. The second kappa shape index (κ2) is 11.3. The van der Waals surface area contributed by atoms with Crippen molar-refractivity contribution in [2.75, 3.05) is 11.9 Å². The summed E-state index contributed by atoms with van der Waals surface area (Å²) in [6.45, 7) is 2.76. The molecule has 0 aliphatic carbocycles. The number of unbranched alkanes of at least 4 members (excludes halogenated alkanes) is 1. The molecule has 2 aromatic carbocycles. The molecule has 0 spiro atoms.